The number of nitrogens with zero attached hydrogens (tertiary/aromatic N) is 1. The first kappa shape index (κ1) is 19.4. The van der Waals surface area contributed by atoms with Crippen molar-refractivity contribution >= 4 is 17.2 Å². The second-order valence-corrected chi connectivity index (χ2v) is 8.37. The van der Waals surface area contributed by atoms with Gasteiger partial charge in [-0.25, -0.2) is 4.98 Å². The second-order valence-electron chi connectivity index (χ2n) is 7.31. The van der Waals surface area contributed by atoms with E-state index in [4.69, 9.17) is 4.74 Å². The Labute approximate surface area is 154 Å². The Morgan fingerprint density at radius 3 is 2.52 bits per heavy atom. The zero-order chi connectivity index (χ0) is 18.4. The molecule has 0 aliphatic carbocycles. The van der Waals surface area contributed by atoms with E-state index < -0.39 is 0 Å². The summed E-state index contributed by atoms with van der Waals surface area (Å²) in [4.78, 5) is 16.4. The van der Waals surface area contributed by atoms with Crippen LogP contribution in [-0.4, -0.2) is 17.5 Å². The van der Waals surface area contributed by atoms with Crippen LogP contribution in [0, 0.1) is 6.92 Å². The van der Waals surface area contributed by atoms with E-state index in [1.165, 1.54) is 5.56 Å². The van der Waals surface area contributed by atoms with Gasteiger partial charge in [-0.15, -0.1) is 11.3 Å². The summed E-state index contributed by atoms with van der Waals surface area (Å²) in [6.45, 7) is 11.0. The van der Waals surface area contributed by atoms with Crippen LogP contribution in [0.25, 0.3) is 0 Å². The number of aryl methyl sites for hydroxylation is 1. The normalized spacial score (nSPS) is 12.7. The van der Waals surface area contributed by atoms with Crippen molar-refractivity contribution < 1.29 is 9.53 Å². The standard InChI is InChI=1S/C20H28N2O2S/c1-14(18-13-25-15(2)22-18)21-19(23)7-6-12-24-17-10-8-16(9-11-17)20(3,4)5/h8-11,13-14H,6-7,12H2,1-5H3,(H,21,23). The molecular formula is C20H28N2O2S. The minimum absolute atomic E-state index is 0.0323. The molecule has 1 aromatic carbocycles. The first-order chi connectivity index (χ1) is 11.8. The number of carbonyl (C=O) groups is 1. The van der Waals surface area contributed by atoms with Crippen LogP contribution in [0.2, 0.25) is 0 Å². The second kappa shape index (κ2) is 8.48. The number of thiazole rings is 1. The predicted molar refractivity (Wildman–Crippen MR) is 103 cm³/mol. The molecule has 0 fully saturated rings. The predicted octanol–water partition coefficient (Wildman–Crippen LogP) is 4.79. The smallest absolute Gasteiger partial charge is 0.220 e. The zero-order valence-electron chi connectivity index (χ0n) is 15.8. The van der Waals surface area contributed by atoms with Gasteiger partial charge in [-0.2, -0.15) is 0 Å². The largest absolute Gasteiger partial charge is 0.494 e. The molecule has 4 nitrogen and oxygen atoms in total. The topological polar surface area (TPSA) is 51.2 Å². The zero-order valence-corrected chi connectivity index (χ0v) is 16.6. The summed E-state index contributed by atoms with van der Waals surface area (Å²) in [7, 11) is 0. The van der Waals surface area contributed by atoms with Crippen molar-refractivity contribution in [3.05, 3.63) is 45.9 Å². The Hall–Kier alpha value is -1.88. The van der Waals surface area contributed by atoms with Gasteiger partial charge >= 0.3 is 0 Å². The van der Waals surface area contributed by atoms with Gasteiger partial charge in [0.25, 0.3) is 0 Å². The number of benzene rings is 1. The number of carbonyl (C=O) groups excluding carboxylic acids is 1. The highest BCUT2D eigenvalue weighted by Gasteiger charge is 2.13. The third-order valence-corrected chi connectivity index (χ3v) is 4.79. The van der Waals surface area contributed by atoms with Crippen LogP contribution >= 0.6 is 11.3 Å². The van der Waals surface area contributed by atoms with Gasteiger partial charge in [0, 0.05) is 11.8 Å². The summed E-state index contributed by atoms with van der Waals surface area (Å²) in [5, 5.41) is 5.99. The fourth-order valence-corrected chi connectivity index (χ4v) is 3.15. The van der Waals surface area contributed by atoms with Crippen LogP contribution in [0.5, 0.6) is 5.75 Å². The molecule has 0 saturated carbocycles. The lowest BCUT2D eigenvalue weighted by atomic mass is 9.87. The van der Waals surface area contributed by atoms with Crippen molar-refractivity contribution in [2.75, 3.05) is 6.61 Å². The van der Waals surface area contributed by atoms with Crippen molar-refractivity contribution in [3.8, 4) is 5.75 Å². The summed E-state index contributed by atoms with van der Waals surface area (Å²) in [5.74, 6) is 0.879. The third kappa shape index (κ3) is 6.16. The van der Waals surface area contributed by atoms with Crippen molar-refractivity contribution in [1.29, 1.82) is 0 Å². The molecule has 136 valence electrons. The van der Waals surface area contributed by atoms with Crippen molar-refractivity contribution in [3.63, 3.8) is 0 Å². The average molecular weight is 361 g/mol. The van der Waals surface area contributed by atoms with E-state index in [1.54, 1.807) is 11.3 Å². The van der Waals surface area contributed by atoms with Crippen molar-refractivity contribution in [2.45, 2.75) is 58.9 Å². The van der Waals surface area contributed by atoms with Crippen LogP contribution in [0.4, 0.5) is 0 Å². The van der Waals surface area contributed by atoms with Crippen LogP contribution < -0.4 is 10.1 Å². The molecule has 1 N–H and O–H groups in total. The lowest BCUT2D eigenvalue weighted by Gasteiger charge is -2.19. The minimum atomic E-state index is -0.0525. The SMILES string of the molecule is Cc1nc(C(C)NC(=O)CCCOc2ccc(C(C)(C)C)cc2)cs1. The molecule has 1 atom stereocenters. The van der Waals surface area contributed by atoms with E-state index in [1.807, 2.05) is 31.4 Å². The molecule has 1 unspecified atom stereocenters. The molecule has 25 heavy (non-hydrogen) atoms. The van der Waals surface area contributed by atoms with E-state index in [9.17, 15) is 4.79 Å². The maximum absolute atomic E-state index is 12.0. The molecule has 0 spiro atoms. The molecule has 0 aliphatic heterocycles. The lowest BCUT2D eigenvalue weighted by molar-refractivity contribution is -0.122. The molecule has 1 aromatic heterocycles. The van der Waals surface area contributed by atoms with E-state index in [2.05, 4.69) is 43.2 Å². The highest BCUT2D eigenvalue weighted by atomic mass is 32.1. The van der Waals surface area contributed by atoms with Crippen LogP contribution in [0.1, 0.15) is 62.8 Å². The van der Waals surface area contributed by atoms with E-state index in [0.717, 1.165) is 16.5 Å². The van der Waals surface area contributed by atoms with Gasteiger partial charge in [0.2, 0.25) is 5.91 Å². The van der Waals surface area contributed by atoms with E-state index in [0.29, 0.717) is 19.4 Å². The number of aromatic nitrogens is 1. The molecule has 2 rings (SSSR count). The summed E-state index contributed by atoms with van der Waals surface area (Å²) in [6.07, 6.45) is 1.14. The molecule has 0 radical (unpaired) electrons. The fraction of sp³-hybridized carbons (Fsp3) is 0.500. The summed E-state index contributed by atoms with van der Waals surface area (Å²) < 4.78 is 5.73. The molecule has 5 heteroatoms. The van der Waals surface area contributed by atoms with Gasteiger partial charge < -0.3 is 10.1 Å². The lowest BCUT2D eigenvalue weighted by Crippen LogP contribution is -2.27. The van der Waals surface area contributed by atoms with Crippen molar-refractivity contribution in [1.82, 2.24) is 10.3 Å². The number of ether oxygens (including phenoxy) is 1. The van der Waals surface area contributed by atoms with Crippen LogP contribution in [-0.2, 0) is 10.2 Å². The molecule has 0 aliphatic rings. The maximum Gasteiger partial charge on any atom is 0.220 e. The first-order valence-electron chi connectivity index (χ1n) is 8.70. The van der Waals surface area contributed by atoms with Gasteiger partial charge in [-0.1, -0.05) is 32.9 Å². The Balaban J connectivity index is 1.69. The molecule has 0 bridgehead atoms. The number of rotatable bonds is 7. The number of amides is 1. The molecule has 1 amide bonds. The van der Waals surface area contributed by atoms with Crippen LogP contribution in [0.15, 0.2) is 29.6 Å². The van der Waals surface area contributed by atoms with Gasteiger partial charge in [0.1, 0.15) is 5.75 Å². The fourth-order valence-electron chi connectivity index (χ4n) is 2.44. The monoisotopic (exact) mass is 360 g/mol. The van der Waals surface area contributed by atoms with Gasteiger partial charge in [0.15, 0.2) is 0 Å². The average Bonchev–Trinajstić information content (AvgIpc) is 2.98. The highest BCUT2D eigenvalue weighted by Crippen LogP contribution is 2.24. The van der Waals surface area contributed by atoms with Gasteiger partial charge in [0.05, 0.1) is 23.4 Å². The van der Waals surface area contributed by atoms with Gasteiger partial charge in [-0.05, 0) is 43.4 Å². The first-order valence-corrected chi connectivity index (χ1v) is 9.58. The van der Waals surface area contributed by atoms with Crippen molar-refractivity contribution in [2.24, 2.45) is 0 Å². The summed E-state index contributed by atoms with van der Waals surface area (Å²) >= 11 is 1.60. The Morgan fingerprint density at radius 1 is 1.28 bits per heavy atom. The molecule has 2 aromatic rings. The Kier molecular flexibility index (Phi) is 6.59. The molecular weight excluding hydrogens is 332 g/mol. The van der Waals surface area contributed by atoms with Crippen LogP contribution in [0.3, 0.4) is 0 Å². The minimum Gasteiger partial charge on any atom is -0.494 e. The maximum atomic E-state index is 12.0. The van der Waals surface area contributed by atoms with Gasteiger partial charge in [-0.3, -0.25) is 4.79 Å². The molecule has 1 heterocycles. The Bertz CT molecular complexity index is 686. The Morgan fingerprint density at radius 2 is 1.96 bits per heavy atom. The molecule has 0 saturated heterocycles. The van der Waals surface area contributed by atoms with E-state index in [-0.39, 0.29) is 17.4 Å². The number of nitrogens with one attached hydrogen (secondary N) is 1. The summed E-state index contributed by atoms with van der Waals surface area (Å²) in [5.41, 5.74) is 2.35. The highest BCUT2D eigenvalue weighted by molar-refractivity contribution is 7.09. The quantitative estimate of drug-likeness (QED) is 0.723. The summed E-state index contributed by atoms with van der Waals surface area (Å²) in [6, 6.07) is 8.13. The number of hydrogen-bond donors (Lipinski definition) is 1. The van der Waals surface area contributed by atoms with E-state index >= 15 is 0 Å². The third-order valence-electron chi connectivity index (χ3n) is 4.00. The number of hydrogen-bond acceptors (Lipinski definition) is 4.